The highest BCUT2D eigenvalue weighted by Gasteiger charge is 2.32. The average Bonchev–Trinajstić information content (AvgIpc) is 2.94. The maximum absolute atomic E-state index is 14.0. The quantitative estimate of drug-likeness (QED) is 0.373. The third-order valence-corrected chi connectivity index (χ3v) is 8.00. The highest BCUT2D eigenvalue weighted by atomic mass is 32.2. The van der Waals surface area contributed by atoms with Crippen LogP contribution in [0, 0.1) is 0 Å². The van der Waals surface area contributed by atoms with Gasteiger partial charge >= 0.3 is 11.3 Å². The molecule has 0 aromatic heterocycles. The molecule has 0 spiro atoms. The standard InChI is InChI=1S/C32H46N4O4S/c1-6-27(24-41-31(39)40-32(2,3)4)36(18-17-25-13-9-7-10-14-25)30(38)33-28(23-26-15-11-8-12-16-26)29(37)35-21-19-34(5)20-22-35/h7-16,27-28H,6,17-24H2,1-5H3,(H,33,38)/t27?,28-/m0/s1. The number of hydrogen-bond donors (Lipinski definition) is 1. The van der Waals surface area contributed by atoms with E-state index in [0.29, 0.717) is 44.6 Å². The number of nitrogens with zero attached hydrogens (tertiary/aromatic N) is 3. The summed E-state index contributed by atoms with van der Waals surface area (Å²) in [6, 6.07) is 18.6. The van der Waals surface area contributed by atoms with Gasteiger partial charge in [0.2, 0.25) is 5.91 Å². The maximum atomic E-state index is 14.0. The maximum Gasteiger partial charge on any atom is 0.367 e. The lowest BCUT2D eigenvalue weighted by Crippen LogP contribution is -2.58. The van der Waals surface area contributed by atoms with Gasteiger partial charge in [-0.2, -0.15) is 0 Å². The van der Waals surface area contributed by atoms with Gasteiger partial charge in [-0.05, 0) is 63.5 Å². The number of ether oxygens (including phenoxy) is 1. The first-order chi connectivity index (χ1) is 19.6. The van der Waals surface area contributed by atoms with E-state index in [1.54, 1.807) is 4.90 Å². The molecule has 0 bridgehead atoms. The molecule has 2 aromatic carbocycles. The zero-order chi connectivity index (χ0) is 29.8. The summed E-state index contributed by atoms with van der Waals surface area (Å²) in [6.45, 7) is 10.9. The molecule has 1 N–H and O–H groups in total. The number of carbonyl (C=O) groups excluding carboxylic acids is 3. The molecule has 1 heterocycles. The normalized spacial score (nSPS) is 15.6. The van der Waals surface area contributed by atoms with Crippen molar-refractivity contribution in [3.63, 3.8) is 0 Å². The smallest absolute Gasteiger partial charge is 0.367 e. The van der Waals surface area contributed by atoms with Gasteiger partial charge in [0.25, 0.3) is 0 Å². The number of rotatable bonds is 11. The van der Waals surface area contributed by atoms with Crippen LogP contribution in [-0.2, 0) is 22.4 Å². The van der Waals surface area contributed by atoms with Crippen molar-refractivity contribution in [3.05, 3.63) is 71.8 Å². The van der Waals surface area contributed by atoms with Crippen LogP contribution in [0.15, 0.2) is 60.7 Å². The van der Waals surface area contributed by atoms with E-state index < -0.39 is 11.6 Å². The van der Waals surface area contributed by atoms with Crippen LogP contribution < -0.4 is 5.32 Å². The van der Waals surface area contributed by atoms with E-state index in [0.717, 1.165) is 36.0 Å². The van der Waals surface area contributed by atoms with E-state index in [1.807, 2.05) is 93.3 Å². The molecular formula is C32H46N4O4S. The van der Waals surface area contributed by atoms with Gasteiger partial charge in [-0.3, -0.25) is 4.79 Å². The summed E-state index contributed by atoms with van der Waals surface area (Å²) < 4.78 is 5.49. The lowest BCUT2D eigenvalue weighted by molar-refractivity contribution is -0.134. The first-order valence-electron chi connectivity index (χ1n) is 14.5. The van der Waals surface area contributed by atoms with Crippen molar-refractivity contribution in [1.29, 1.82) is 0 Å². The predicted molar refractivity (Wildman–Crippen MR) is 166 cm³/mol. The van der Waals surface area contributed by atoms with E-state index in [4.69, 9.17) is 4.74 Å². The van der Waals surface area contributed by atoms with Crippen molar-refractivity contribution in [2.24, 2.45) is 0 Å². The predicted octanol–water partition coefficient (Wildman–Crippen LogP) is 5.07. The Hall–Kier alpha value is -3.04. The Labute approximate surface area is 249 Å². The van der Waals surface area contributed by atoms with Crippen LogP contribution >= 0.6 is 11.8 Å². The number of hydrogen-bond acceptors (Lipinski definition) is 6. The van der Waals surface area contributed by atoms with Crippen LogP contribution in [0.4, 0.5) is 9.59 Å². The molecule has 1 aliphatic rings. The second-order valence-electron chi connectivity index (χ2n) is 11.6. The van der Waals surface area contributed by atoms with E-state index in [-0.39, 0.29) is 23.3 Å². The first kappa shape index (κ1) is 32.5. The largest absolute Gasteiger partial charge is 0.452 e. The van der Waals surface area contributed by atoms with Gasteiger partial charge < -0.3 is 24.8 Å². The summed E-state index contributed by atoms with van der Waals surface area (Å²) in [5, 5.41) is 2.75. The number of likely N-dealkylation sites (N-methyl/N-ethyl adjacent to an activating group) is 1. The number of urea groups is 1. The summed E-state index contributed by atoms with van der Waals surface area (Å²) in [4.78, 5) is 46.1. The molecule has 1 fully saturated rings. The van der Waals surface area contributed by atoms with Crippen LogP contribution in [0.3, 0.4) is 0 Å². The van der Waals surface area contributed by atoms with Crippen molar-refractivity contribution >= 4 is 29.0 Å². The summed E-state index contributed by atoms with van der Waals surface area (Å²) in [5.41, 5.74) is 1.53. The molecule has 41 heavy (non-hydrogen) atoms. The lowest BCUT2D eigenvalue weighted by Gasteiger charge is -2.36. The van der Waals surface area contributed by atoms with Crippen molar-refractivity contribution in [2.75, 3.05) is 45.5 Å². The molecule has 224 valence electrons. The molecule has 3 amide bonds. The van der Waals surface area contributed by atoms with Gasteiger partial charge in [-0.25, -0.2) is 9.59 Å². The highest BCUT2D eigenvalue weighted by Crippen LogP contribution is 2.20. The van der Waals surface area contributed by atoms with Crippen molar-refractivity contribution in [1.82, 2.24) is 20.0 Å². The SMILES string of the molecule is CCC(CSC(=O)OC(C)(C)C)N(CCc1ccccc1)C(=O)N[C@@H](Cc1ccccc1)C(=O)N1CCN(C)CC1. The number of nitrogens with one attached hydrogen (secondary N) is 1. The summed E-state index contributed by atoms with van der Waals surface area (Å²) in [6.07, 6.45) is 1.74. The second kappa shape index (κ2) is 15.8. The van der Waals surface area contributed by atoms with E-state index in [9.17, 15) is 14.4 Å². The number of carbonyl (C=O) groups is 3. The minimum absolute atomic E-state index is 0.0607. The molecule has 1 unspecified atom stereocenters. The van der Waals surface area contributed by atoms with Crippen LogP contribution in [0.5, 0.6) is 0 Å². The van der Waals surface area contributed by atoms with E-state index in [2.05, 4.69) is 17.3 Å². The molecule has 1 saturated heterocycles. The molecule has 8 nitrogen and oxygen atoms in total. The first-order valence-corrected chi connectivity index (χ1v) is 15.5. The minimum atomic E-state index is -0.691. The topological polar surface area (TPSA) is 82.2 Å². The lowest BCUT2D eigenvalue weighted by atomic mass is 10.0. The van der Waals surface area contributed by atoms with Crippen LogP contribution in [0.25, 0.3) is 0 Å². The molecule has 0 aliphatic carbocycles. The summed E-state index contributed by atoms with van der Waals surface area (Å²) in [5.74, 6) is 0.345. The van der Waals surface area contributed by atoms with Crippen LogP contribution in [-0.4, -0.2) is 95.1 Å². The van der Waals surface area contributed by atoms with Gasteiger partial charge in [0.05, 0.1) is 0 Å². The van der Waals surface area contributed by atoms with Gasteiger partial charge in [0, 0.05) is 50.9 Å². The summed E-state index contributed by atoms with van der Waals surface area (Å²) >= 11 is 1.09. The Kier molecular flexibility index (Phi) is 12.5. The zero-order valence-corrected chi connectivity index (χ0v) is 26.0. The van der Waals surface area contributed by atoms with Crippen molar-refractivity contribution in [2.45, 2.75) is 64.6 Å². The fraction of sp³-hybridized carbons (Fsp3) is 0.531. The number of amides is 3. The molecule has 2 atom stereocenters. The Morgan fingerprint density at radius 2 is 1.54 bits per heavy atom. The molecule has 2 aromatic rings. The second-order valence-corrected chi connectivity index (χ2v) is 12.5. The number of benzene rings is 2. The third-order valence-electron chi connectivity index (χ3n) is 7.13. The number of piperazine rings is 1. The van der Waals surface area contributed by atoms with Crippen LogP contribution in [0.1, 0.15) is 45.2 Å². The van der Waals surface area contributed by atoms with E-state index in [1.165, 1.54) is 0 Å². The zero-order valence-electron chi connectivity index (χ0n) is 25.2. The summed E-state index contributed by atoms with van der Waals surface area (Å²) in [7, 11) is 2.05. The Balaban J connectivity index is 1.80. The fourth-order valence-corrected chi connectivity index (χ4v) is 5.80. The van der Waals surface area contributed by atoms with E-state index >= 15 is 0 Å². The Morgan fingerprint density at radius 3 is 2.10 bits per heavy atom. The van der Waals surface area contributed by atoms with Gasteiger partial charge in [0.15, 0.2) is 0 Å². The molecule has 0 radical (unpaired) electrons. The molecular weight excluding hydrogens is 536 g/mol. The Bertz CT molecular complexity index is 1100. The van der Waals surface area contributed by atoms with Crippen molar-refractivity contribution in [3.8, 4) is 0 Å². The van der Waals surface area contributed by atoms with Crippen molar-refractivity contribution < 1.29 is 19.1 Å². The fourth-order valence-electron chi connectivity index (χ4n) is 4.75. The number of thioether (sulfide) groups is 1. The molecule has 1 aliphatic heterocycles. The van der Waals surface area contributed by atoms with Gasteiger partial charge in [-0.1, -0.05) is 67.6 Å². The minimum Gasteiger partial charge on any atom is -0.452 e. The Morgan fingerprint density at radius 1 is 0.951 bits per heavy atom. The van der Waals surface area contributed by atoms with Gasteiger partial charge in [-0.15, -0.1) is 0 Å². The third kappa shape index (κ3) is 11.0. The monoisotopic (exact) mass is 582 g/mol. The van der Waals surface area contributed by atoms with Crippen LogP contribution in [0.2, 0.25) is 0 Å². The highest BCUT2D eigenvalue weighted by molar-refractivity contribution is 8.13. The molecule has 9 heteroatoms. The molecule has 3 rings (SSSR count). The van der Waals surface area contributed by atoms with Gasteiger partial charge in [0.1, 0.15) is 11.6 Å². The molecule has 0 saturated carbocycles. The average molecular weight is 583 g/mol.